The lowest BCUT2D eigenvalue weighted by atomic mass is 9.92. The molecule has 4 N–H and O–H groups in total. The minimum absolute atomic E-state index is 0.00754. The van der Waals surface area contributed by atoms with E-state index < -0.39 is 23.3 Å². The molecule has 0 saturated heterocycles. The van der Waals surface area contributed by atoms with Crippen LogP contribution in [0, 0.1) is 6.92 Å². The fraction of sp³-hybridized carbons (Fsp3) is 0.182. The average Bonchev–Trinajstić information content (AvgIpc) is 2.73. The van der Waals surface area contributed by atoms with Gasteiger partial charge in [-0.15, -0.1) is 0 Å². The van der Waals surface area contributed by atoms with Crippen molar-refractivity contribution < 1.29 is 14.3 Å². The third kappa shape index (κ3) is 4.94. The van der Waals surface area contributed by atoms with Crippen LogP contribution in [0.3, 0.4) is 0 Å². The van der Waals surface area contributed by atoms with Crippen LogP contribution in [0.25, 0.3) is 0 Å². The number of nitrogens with one attached hydrogen (secondary N) is 4. The van der Waals surface area contributed by atoms with Crippen molar-refractivity contribution in [3.63, 3.8) is 0 Å². The summed E-state index contributed by atoms with van der Waals surface area (Å²) in [6.45, 7) is 1.82. The van der Waals surface area contributed by atoms with Crippen molar-refractivity contribution in [2.24, 2.45) is 0 Å². The van der Waals surface area contributed by atoms with Gasteiger partial charge in [0.25, 0.3) is 5.56 Å². The van der Waals surface area contributed by atoms with E-state index in [2.05, 4.69) is 25.9 Å². The first-order valence-corrected chi connectivity index (χ1v) is 10.6. The van der Waals surface area contributed by atoms with Crippen LogP contribution in [-0.2, 0) is 9.59 Å². The number of aryl methyl sites for hydroxylation is 1. The van der Waals surface area contributed by atoms with Crippen LogP contribution >= 0.6 is 23.2 Å². The molecule has 2 amide bonds. The number of fused-ring (bicyclic) bond motifs is 1. The van der Waals surface area contributed by atoms with E-state index in [9.17, 15) is 14.4 Å². The standard InChI is InChI=1S/C22H19Cl2N5O4/c1-10-3-4-14(33-2)8-16(10)26-20(31)15-9-17(30)27-19-18(15)21(32)29-22(28-19)25-13-6-11(23)5-12(24)7-13/h3-8,15H,9H2,1-2H3,(H,26,31)(H3,25,27,28,29,30,32)/t15-/m0/s1. The number of anilines is 4. The Morgan fingerprint density at radius 2 is 1.88 bits per heavy atom. The summed E-state index contributed by atoms with van der Waals surface area (Å²) < 4.78 is 5.20. The smallest absolute Gasteiger partial charge is 0.258 e. The Balaban J connectivity index is 1.65. The molecule has 1 aromatic heterocycles. The van der Waals surface area contributed by atoms with Gasteiger partial charge in [0, 0.05) is 33.9 Å². The van der Waals surface area contributed by atoms with Crippen molar-refractivity contribution >= 4 is 58.2 Å². The summed E-state index contributed by atoms with van der Waals surface area (Å²) in [5.41, 5.74) is 1.32. The molecule has 2 heterocycles. The van der Waals surface area contributed by atoms with Gasteiger partial charge in [0.15, 0.2) is 0 Å². The summed E-state index contributed by atoms with van der Waals surface area (Å²) in [6.07, 6.45) is -0.191. The third-order valence-corrected chi connectivity index (χ3v) is 5.53. The third-order valence-electron chi connectivity index (χ3n) is 5.10. The second-order valence-corrected chi connectivity index (χ2v) is 8.31. The number of halogens is 2. The zero-order valence-electron chi connectivity index (χ0n) is 17.6. The van der Waals surface area contributed by atoms with Crippen molar-refractivity contribution in [3.05, 3.63) is 67.9 Å². The molecule has 0 aliphatic carbocycles. The van der Waals surface area contributed by atoms with Crippen LogP contribution < -0.4 is 26.2 Å². The predicted molar refractivity (Wildman–Crippen MR) is 127 cm³/mol. The van der Waals surface area contributed by atoms with E-state index in [0.717, 1.165) is 5.56 Å². The molecule has 170 valence electrons. The molecule has 9 nitrogen and oxygen atoms in total. The number of hydrogen-bond donors (Lipinski definition) is 4. The molecule has 0 fully saturated rings. The van der Waals surface area contributed by atoms with Crippen LogP contribution in [0.15, 0.2) is 41.2 Å². The minimum atomic E-state index is -1.02. The second kappa shape index (κ2) is 9.13. The first-order valence-electron chi connectivity index (χ1n) is 9.86. The number of methoxy groups -OCH3 is 1. The molecule has 1 aliphatic rings. The van der Waals surface area contributed by atoms with Gasteiger partial charge in [-0.25, -0.2) is 0 Å². The van der Waals surface area contributed by atoms with E-state index in [1.54, 1.807) is 36.4 Å². The quantitative estimate of drug-likeness (QED) is 0.427. The number of aromatic amines is 1. The zero-order chi connectivity index (χ0) is 23.7. The normalized spacial score (nSPS) is 14.8. The van der Waals surface area contributed by atoms with E-state index in [-0.39, 0.29) is 23.8 Å². The molecule has 0 radical (unpaired) electrons. The number of carbonyl (C=O) groups is 2. The maximum Gasteiger partial charge on any atom is 0.258 e. The van der Waals surface area contributed by atoms with Crippen LogP contribution in [0.1, 0.15) is 23.5 Å². The number of H-pyrrole nitrogens is 1. The Morgan fingerprint density at radius 3 is 2.58 bits per heavy atom. The Morgan fingerprint density at radius 1 is 1.15 bits per heavy atom. The summed E-state index contributed by atoms with van der Waals surface area (Å²) in [7, 11) is 1.52. The summed E-state index contributed by atoms with van der Waals surface area (Å²) in [5.74, 6) is -1.33. The highest BCUT2D eigenvalue weighted by Crippen LogP contribution is 2.32. The van der Waals surface area contributed by atoms with Crippen molar-refractivity contribution in [2.75, 3.05) is 23.1 Å². The molecule has 4 rings (SSSR count). The fourth-order valence-electron chi connectivity index (χ4n) is 3.50. The van der Waals surface area contributed by atoms with Crippen LogP contribution in [0.2, 0.25) is 10.0 Å². The van der Waals surface area contributed by atoms with Crippen LogP contribution in [0.4, 0.5) is 23.1 Å². The molecule has 0 saturated carbocycles. The maximum absolute atomic E-state index is 13.1. The molecular formula is C22H19Cl2N5O4. The maximum atomic E-state index is 13.1. The topological polar surface area (TPSA) is 125 Å². The summed E-state index contributed by atoms with van der Waals surface area (Å²) >= 11 is 12.0. The second-order valence-electron chi connectivity index (χ2n) is 7.43. The monoisotopic (exact) mass is 487 g/mol. The van der Waals surface area contributed by atoms with E-state index in [1.165, 1.54) is 7.11 Å². The van der Waals surface area contributed by atoms with Crippen LogP contribution in [-0.4, -0.2) is 28.9 Å². The molecule has 11 heteroatoms. The van der Waals surface area contributed by atoms with Gasteiger partial charge in [0.1, 0.15) is 11.6 Å². The van der Waals surface area contributed by atoms with Crippen molar-refractivity contribution in [3.8, 4) is 5.75 Å². The Labute approximate surface area is 198 Å². The van der Waals surface area contributed by atoms with E-state index in [0.29, 0.717) is 27.2 Å². The highest BCUT2D eigenvalue weighted by atomic mass is 35.5. The Bertz CT molecular complexity index is 1300. The minimum Gasteiger partial charge on any atom is -0.497 e. The zero-order valence-corrected chi connectivity index (χ0v) is 19.1. The summed E-state index contributed by atoms with van der Waals surface area (Å²) in [5, 5.41) is 9.03. The molecule has 0 spiro atoms. The lowest BCUT2D eigenvalue weighted by Gasteiger charge is -2.24. The number of benzene rings is 2. The number of aromatic nitrogens is 2. The van der Waals surface area contributed by atoms with Gasteiger partial charge < -0.3 is 20.7 Å². The van der Waals surface area contributed by atoms with Crippen LogP contribution in [0.5, 0.6) is 5.75 Å². The average molecular weight is 488 g/mol. The van der Waals surface area contributed by atoms with Gasteiger partial charge >= 0.3 is 0 Å². The lowest BCUT2D eigenvalue weighted by molar-refractivity contribution is -0.123. The fourth-order valence-corrected chi connectivity index (χ4v) is 4.03. The number of rotatable bonds is 5. The van der Waals surface area contributed by atoms with Gasteiger partial charge in [0.2, 0.25) is 17.8 Å². The molecule has 0 bridgehead atoms. The first-order chi connectivity index (χ1) is 15.7. The molecule has 3 aromatic rings. The van der Waals surface area contributed by atoms with Gasteiger partial charge in [-0.05, 0) is 36.8 Å². The molecule has 0 unspecified atom stereocenters. The Hall–Kier alpha value is -3.56. The van der Waals surface area contributed by atoms with Gasteiger partial charge in [-0.2, -0.15) is 4.98 Å². The number of amides is 2. The lowest BCUT2D eigenvalue weighted by Crippen LogP contribution is -2.36. The van der Waals surface area contributed by atoms with E-state index in [1.807, 2.05) is 6.92 Å². The van der Waals surface area contributed by atoms with Crippen molar-refractivity contribution in [2.45, 2.75) is 19.3 Å². The molecule has 33 heavy (non-hydrogen) atoms. The highest BCUT2D eigenvalue weighted by molar-refractivity contribution is 6.35. The van der Waals surface area contributed by atoms with Gasteiger partial charge in [-0.1, -0.05) is 29.3 Å². The van der Waals surface area contributed by atoms with Gasteiger partial charge in [-0.3, -0.25) is 19.4 Å². The number of carbonyl (C=O) groups excluding carboxylic acids is 2. The number of hydrogen-bond acceptors (Lipinski definition) is 6. The molecule has 2 aromatic carbocycles. The van der Waals surface area contributed by atoms with Crippen molar-refractivity contribution in [1.29, 1.82) is 0 Å². The number of ether oxygens (including phenoxy) is 1. The summed E-state index contributed by atoms with van der Waals surface area (Å²) in [6, 6.07) is 9.98. The van der Waals surface area contributed by atoms with E-state index in [4.69, 9.17) is 27.9 Å². The number of nitrogens with zero attached hydrogens (tertiary/aromatic N) is 1. The predicted octanol–water partition coefficient (Wildman–Crippen LogP) is 4.20. The SMILES string of the molecule is COc1ccc(C)c(NC(=O)[C@H]2CC(=O)Nc3nc(Nc4cc(Cl)cc(Cl)c4)[nH]c(=O)c32)c1. The summed E-state index contributed by atoms with van der Waals surface area (Å²) in [4.78, 5) is 45.2. The molecule has 1 atom stereocenters. The van der Waals surface area contributed by atoms with Crippen molar-refractivity contribution in [1.82, 2.24) is 9.97 Å². The highest BCUT2D eigenvalue weighted by Gasteiger charge is 2.35. The van der Waals surface area contributed by atoms with E-state index >= 15 is 0 Å². The molecule has 1 aliphatic heterocycles. The first kappa shape index (κ1) is 22.6. The Kier molecular flexibility index (Phi) is 6.26. The largest absolute Gasteiger partial charge is 0.497 e. The molecular weight excluding hydrogens is 469 g/mol. The van der Waals surface area contributed by atoms with Gasteiger partial charge in [0.05, 0.1) is 18.6 Å².